The first kappa shape index (κ1) is 28.4. The number of piperidine rings is 1. The zero-order valence-corrected chi connectivity index (χ0v) is 23.2. The molecule has 3 heterocycles. The molecule has 2 aromatic rings. The molecule has 1 fully saturated rings. The minimum absolute atomic E-state index is 0.0225. The fourth-order valence-corrected chi connectivity index (χ4v) is 4.52. The second-order valence-electron chi connectivity index (χ2n) is 10.6. The third kappa shape index (κ3) is 6.57. The van der Waals surface area contributed by atoms with Gasteiger partial charge in [-0.2, -0.15) is 9.61 Å². The number of allylic oxidation sites excluding steroid dienone is 3. The van der Waals surface area contributed by atoms with Gasteiger partial charge in [0.15, 0.2) is 17.4 Å². The van der Waals surface area contributed by atoms with Gasteiger partial charge < -0.3 is 19.1 Å². The van der Waals surface area contributed by atoms with Gasteiger partial charge in [0, 0.05) is 24.8 Å². The van der Waals surface area contributed by atoms with Crippen molar-refractivity contribution in [2.45, 2.75) is 73.0 Å². The van der Waals surface area contributed by atoms with Crippen molar-refractivity contribution < 1.29 is 23.8 Å². The predicted octanol–water partition coefficient (Wildman–Crippen LogP) is 4.98. The Bertz CT molecular complexity index is 1170. The van der Waals surface area contributed by atoms with Crippen molar-refractivity contribution in [3.05, 3.63) is 47.8 Å². The molecule has 9 nitrogen and oxygen atoms in total. The summed E-state index contributed by atoms with van der Waals surface area (Å²) in [5.74, 6) is -0.335. The predicted molar refractivity (Wildman–Crippen MR) is 143 cm³/mol. The summed E-state index contributed by atoms with van der Waals surface area (Å²) in [6.45, 7) is 18.9. The van der Waals surface area contributed by atoms with Crippen molar-refractivity contribution in [1.82, 2.24) is 14.6 Å². The van der Waals surface area contributed by atoms with Gasteiger partial charge in [-0.15, -0.1) is 0 Å². The number of fused-ring (bicyclic) bond motifs is 1. The van der Waals surface area contributed by atoms with E-state index < -0.39 is 23.6 Å². The highest BCUT2D eigenvalue weighted by molar-refractivity contribution is 5.89. The van der Waals surface area contributed by atoms with Gasteiger partial charge in [-0.1, -0.05) is 31.7 Å². The van der Waals surface area contributed by atoms with E-state index in [1.807, 2.05) is 33.8 Å². The lowest BCUT2D eigenvalue weighted by Crippen LogP contribution is -2.40. The Morgan fingerprint density at radius 2 is 1.84 bits per heavy atom. The van der Waals surface area contributed by atoms with Gasteiger partial charge in [0.05, 0.1) is 24.4 Å². The molecule has 2 aromatic heterocycles. The minimum atomic E-state index is -1.02. The van der Waals surface area contributed by atoms with Crippen molar-refractivity contribution in [3.63, 3.8) is 0 Å². The highest BCUT2D eigenvalue weighted by atomic mass is 16.6. The summed E-state index contributed by atoms with van der Waals surface area (Å²) in [6, 6.07) is 1.61. The number of hydrogen-bond donors (Lipinski definition) is 0. The number of carbonyl (C=O) groups is 2. The molecule has 1 aliphatic heterocycles. The first-order chi connectivity index (χ1) is 17.4. The highest BCUT2D eigenvalue weighted by Gasteiger charge is 2.37. The van der Waals surface area contributed by atoms with Crippen LogP contribution in [0.5, 0.6) is 0 Å². The van der Waals surface area contributed by atoms with Gasteiger partial charge in [0.1, 0.15) is 5.82 Å². The van der Waals surface area contributed by atoms with Crippen molar-refractivity contribution in [2.24, 2.45) is 5.41 Å². The molecule has 37 heavy (non-hydrogen) atoms. The molecular weight excluding hydrogens is 472 g/mol. The SMILES string of the molecule is C=CC=CC1(C)CCN(c2c(C(OC(C)(C)C)C(=O)OCC)c(C)nc3cc(C(=O)OCC)nn23)CC1. The Balaban J connectivity index is 2.21. The highest BCUT2D eigenvalue weighted by Crippen LogP contribution is 2.39. The molecule has 0 aliphatic carbocycles. The number of aromatic nitrogens is 3. The fraction of sp³-hybridized carbons (Fsp3) is 0.571. The molecule has 0 amide bonds. The van der Waals surface area contributed by atoms with Gasteiger partial charge in [-0.05, 0) is 59.8 Å². The number of anilines is 1. The molecule has 3 rings (SSSR count). The van der Waals surface area contributed by atoms with Crippen LogP contribution in [0.2, 0.25) is 0 Å². The summed E-state index contributed by atoms with van der Waals surface area (Å²) >= 11 is 0. The van der Waals surface area contributed by atoms with Crippen LogP contribution in [0.4, 0.5) is 5.82 Å². The first-order valence-corrected chi connectivity index (χ1v) is 12.9. The van der Waals surface area contributed by atoms with Crippen LogP contribution >= 0.6 is 0 Å². The van der Waals surface area contributed by atoms with Crippen LogP contribution in [0, 0.1) is 12.3 Å². The maximum absolute atomic E-state index is 13.2. The first-order valence-electron chi connectivity index (χ1n) is 12.9. The van der Waals surface area contributed by atoms with Crippen LogP contribution in [0.1, 0.15) is 82.2 Å². The number of esters is 2. The topological polar surface area (TPSA) is 95.3 Å². The molecule has 1 aliphatic rings. The number of rotatable bonds is 9. The maximum Gasteiger partial charge on any atom is 0.358 e. The lowest BCUT2D eigenvalue weighted by Gasteiger charge is -2.40. The molecule has 0 N–H and O–H groups in total. The van der Waals surface area contributed by atoms with Crippen LogP contribution in [0.3, 0.4) is 0 Å². The third-order valence-corrected chi connectivity index (χ3v) is 6.36. The Kier molecular flexibility index (Phi) is 8.79. The largest absolute Gasteiger partial charge is 0.464 e. The summed E-state index contributed by atoms with van der Waals surface area (Å²) in [5.41, 5.74) is 1.25. The van der Waals surface area contributed by atoms with Gasteiger partial charge in [-0.3, -0.25) is 0 Å². The maximum atomic E-state index is 13.2. The summed E-state index contributed by atoms with van der Waals surface area (Å²) in [4.78, 5) is 32.7. The van der Waals surface area contributed by atoms with Crippen molar-refractivity contribution >= 4 is 23.4 Å². The van der Waals surface area contributed by atoms with Crippen molar-refractivity contribution in [3.8, 4) is 0 Å². The third-order valence-electron chi connectivity index (χ3n) is 6.36. The van der Waals surface area contributed by atoms with Crippen LogP contribution in [-0.2, 0) is 19.0 Å². The van der Waals surface area contributed by atoms with Gasteiger partial charge in [-0.25, -0.2) is 14.6 Å². The zero-order chi connectivity index (χ0) is 27.4. The van der Waals surface area contributed by atoms with E-state index in [0.29, 0.717) is 35.8 Å². The Hall–Kier alpha value is -3.20. The number of aryl methyl sites for hydroxylation is 1. The van der Waals surface area contributed by atoms with E-state index in [9.17, 15) is 9.59 Å². The Morgan fingerprint density at radius 1 is 1.19 bits per heavy atom. The molecule has 1 saturated heterocycles. The van der Waals surface area contributed by atoms with Crippen LogP contribution in [-0.4, -0.2) is 58.4 Å². The Morgan fingerprint density at radius 3 is 2.41 bits per heavy atom. The van der Waals surface area contributed by atoms with Crippen LogP contribution in [0.15, 0.2) is 30.9 Å². The fourth-order valence-electron chi connectivity index (χ4n) is 4.52. The van der Waals surface area contributed by atoms with E-state index in [1.54, 1.807) is 30.5 Å². The molecule has 0 spiro atoms. The quantitative estimate of drug-likeness (QED) is 0.343. The number of carbonyl (C=O) groups excluding carboxylic acids is 2. The smallest absolute Gasteiger partial charge is 0.358 e. The second kappa shape index (κ2) is 11.5. The lowest BCUT2D eigenvalue weighted by atomic mass is 9.80. The average Bonchev–Trinajstić information content (AvgIpc) is 3.25. The monoisotopic (exact) mass is 512 g/mol. The molecule has 0 aromatic carbocycles. The van der Waals surface area contributed by atoms with Crippen molar-refractivity contribution in [1.29, 1.82) is 0 Å². The van der Waals surface area contributed by atoms with Crippen LogP contribution < -0.4 is 4.90 Å². The molecule has 0 bridgehead atoms. The summed E-state index contributed by atoms with van der Waals surface area (Å²) in [6.07, 6.45) is 6.73. The van der Waals surface area contributed by atoms with Gasteiger partial charge >= 0.3 is 11.9 Å². The van der Waals surface area contributed by atoms with E-state index in [0.717, 1.165) is 12.8 Å². The molecule has 1 atom stereocenters. The van der Waals surface area contributed by atoms with E-state index in [2.05, 4.69) is 29.6 Å². The number of ether oxygens (including phenoxy) is 3. The van der Waals surface area contributed by atoms with E-state index >= 15 is 0 Å². The number of hydrogen-bond acceptors (Lipinski definition) is 8. The van der Waals surface area contributed by atoms with Gasteiger partial charge in [0.25, 0.3) is 0 Å². The standard InChI is InChI=1S/C28H40N4O5/c1-9-12-13-28(8)14-16-31(17-15-28)24-22(23(26(34)36-11-3)37-27(5,6)7)19(4)29-21-18-20(30-32(21)24)25(33)35-10-2/h9,12-13,18,23H,1,10-11,14-17H2,2-8H3. The van der Waals surface area contributed by atoms with Gasteiger partial charge in [0.2, 0.25) is 0 Å². The summed E-state index contributed by atoms with van der Waals surface area (Å²) in [5, 5.41) is 4.58. The van der Waals surface area contributed by atoms with E-state index in [-0.39, 0.29) is 24.3 Å². The van der Waals surface area contributed by atoms with E-state index in [1.165, 1.54) is 0 Å². The molecule has 202 valence electrons. The molecule has 0 radical (unpaired) electrons. The second-order valence-corrected chi connectivity index (χ2v) is 10.6. The molecule has 9 heteroatoms. The zero-order valence-electron chi connectivity index (χ0n) is 23.2. The summed E-state index contributed by atoms with van der Waals surface area (Å²) < 4.78 is 18.5. The molecular formula is C28H40N4O5. The average molecular weight is 513 g/mol. The summed E-state index contributed by atoms with van der Waals surface area (Å²) in [7, 11) is 0. The normalized spacial score (nSPS) is 16.7. The minimum Gasteiger partial charge on any atom is -0.464 e. The van der Waals surface area contributed by atoms with Crippen molar-refractivity contribution in [2.75, 3.05) is 31.2 Å². The molecule has 1 unspecified atom stereocenters. The Labute approximate surface area is 219 Å². The lowest BCUT2D eigenvalue weighted by molar-refractivity contribution is -0.166. The van der Waals surface area contributed by atoms with Crippen LogP contribution in [0.25, 0.3) is 5.65 Å². The van der Waals surface area contributed by atoms with E-state index in [4.69, 9.17) is 19.2 Å². The molecule has 0 saturated carbocycles. The number of nitrogens with zero attached hydrogens (tertiary/aromatic N) is 4.